The van der Waals surface area contributed by atoms with Crippen LogP contribution in [0, 0.1) is 5.92 Å². The summed E-state index contributed by atoms with van der Waals surface area (Å²) in [6.07, 6.45) is 8.93. The second-order valence-corrected chi connectivity index (χ2v) is 8.43. The number of hydrogen-bond donors (Lipinski definition) is 4. The molecule has 7 nitrogen and oxygen atoms in total. The molecular formula is C26H38F2N4O3. The molecule has 0 bridgehead atoms. The van der Waals surface area contributed by atoms with E-state index < -0.39 is 30.5 Å². The first-order valence-electron chi connectivity index (χ1n) is 12.0. The van der Waals surface area contributed by atoms with Gasteiger partial charge >= 0.3 is 0 Å². The third-order valence-corrected chi connectivity index (χ3v) is 6.20. The van der Waals surface area contributed by atoms with Gasteiger partial charge in [0.2, 0.25) is 5.91 Å². The minimum atomic E-state index is -2.79. The van der Waals surface area contributed by atoms with E-state index in [0.717, 1.165) is 44.2 Å². The third kappa shape index (κ3) is 8.16. The maximum absolute atomic E-state index is 13.5. The molecular weight excluding hydrogens is 454 g/mol. The predicted octanol–water partition coefficient (Wildman–Crippen LogP) is 2.31. The lowest BCUT2D eigenvalue weighted by molar-refractivity contribution is -0.117. The van der Waals surface area contributed by atoms with E-state index in [1.807, 2.05) is 19.1 Å². The van der Waals surface area contributed by atoms with Crippen LogP contribution in [-0.2, 0) is 4.79 Å². The Morgan fingerprint density at radius 1 is 1.37 bits per heavy atom. The summed E-state index contributed by atoms with van der Waals surface area (Å²) in [7, 11) is 0. The third-order valence-electron chi connectivity index (χ3n) is 6.20. The number of aliphatic hydroxyl groups is 2. The van der Waals surface area contributed by atoms with Crippen molar-refractivity contribution in [3.63, 3.8) is 0 Å². The Balaban J connectivity index is 2.25. The standard InChI is InChI=1S/C26H38F2N4O3/c1-4-22-19(21(25(27)28)18-24(34)30-22)11-12-29-26(35)20(10-9-13-31(6-3)16-17-33)23(5-2)32-14-7-8-15-32/h4-5,9-12,18-19,22,25-26,29,33,35H,1-2,6-8,13-17H2,3H3,(H,30,34)/b10-9+,12-11+,23-20-/t19?,22?,26-/m0/s1. The fraction of sp³-hybridized carbons (Fsp3) is 0.500. The average molecular weight is 493 g/mol. The normalized spacial score (nSPS) is 22.5. The molecule has 0 aliphatic carbocycles. The molecule has 35 heavy (non-hydrogen) atoms. The maximum Gasteiger partial charge on any atom is 0.261 e. The highest BCUT2D eigenvalue weighted by molar-refractivity contribution is 5.90. The smallest absolute Gasteiger partial charge is 0.261 e. The summed E-state index contributed by atoms with van der Waals surface area (Å²) >= 11 is 0. The number of aliphatic hydroxyl groups excluding tert-OH is 2. The Labute approximate surface area is 206 Å². The zero-order chi connectivity index (χ0) is 25.8. The van der Waals surface area contributed by atoms with Gasteiger partial charge in [-0.2, -0.15) is 0 Å². The van der Waals surface area contributed by atoms with Crippen molar-refractivity contribution in [2.45, 2.75) is 38.5 Å². The summed E-state index contributed by atoms with van der Waals surface area (Å²) in [6, 6.07) is -0.679. The lowest BCUT2D eigenvalue weighted by atomic mass is 9.88. The average Bonchev–Trinajstić information content (AvgIpc) is 3.37. The van der Waals surface area contributed by atoms with E-state index in [-0.39, 0.29) is 12.2 Å². The van der Waals surface area contributed by atoms with Crippen LogP contribution in [0.4, 0.5) is 8.78 Å². The van der Waals surface area contributed by atoms with Crippen molar-refractivity contribution >= 4 is 5.91 Å². The molecule has 1 fully saturated rings. The Kier molecular flexibility index (Phi) is 11.9. The zero-order valence-electron chi connectivity index (χ0n) is 20.4. The molecule has 2 unspecified atom stereocenters. The van der Waals surface area contributed by atoms with Gasteiger partial charge in [0.05, 0.1) is 12.6 Å². The van der Waals surface area contributed by atoms with Crippen LogP contribution in [0.5, 0.6) is 0 Å². The molecule has 4 N–H and O–H groups in total. The Bertz CT molecular complexity index is 848. The van der Waals surface area contributed by atoms with Gasteiger partial charge in [-0.3, -0.25) is 9.69 Å². The van der Waals surface area contributed by atoms with Crippen LogP contribution < -0.4 is 10.6 Å². The molecule has 0 aromatic rings. The highest BCUT2D eigenvalue weighted by Crippen LogP contribution is 2.27. The molecule has 2 heterocycles. The van der Waals surface area contributed by atoms with E-state index in [1.165, 1.54) is 18.4 Å². The van der Waals surface area contributed by atoms with E-state index in [0.29, 0.717) is 18.7 Å². The van der Waals surface area contributed by atoms with Crippen LogP contribution in [0.1, 0.15) is 19.8 Å². The van der Waals surface area contributed by atoms with Crippen molar-refractivity contribution in [3.8, 4) is 0 Å². The molecule has 0 saturated carbocycles. The second kappa shape index (κ2) is 14.6. The number of likely N-dealkylation sites (N-methyl/N-ethyl adjacent to an activating group) is 1. The molecule has 0 spiro atoms. The first-order valence-corrected chi connectivity index (χ1v) is 12.0. The summed E-state index contributed by atoms with van der Waals surface area (Å²) in [5.41, 5.74) is 1.11. The predicted molar refractivity (Wildman–Crippen MR) is 134 cm³/mol. The number of allylic oxidation sites excluding steroid dienone is 1. The molecule has 9 heteroatoms. The van der Waals surface area contributed by atoms with Crippen LogP contribution in [0.15, 0.2) is 72.7 Å². The summed E-state index contributed by atoms with van der Waals surface area (Å²) in [5, 5.41) is 25.7. The van der Waals surface area contributed by atoms with Crippen molar-refractivity contribution in [1.82, 2.24) is 20.4 Å². The lowest BCUT2D eigenvalue weighted by Crippen LogP contribution is -2.43. The van der Waals surface area contributed by atoms with Gasteiger partial charge in [-0.15, -0.1) is 6.58 Å². The number of alkyl halides is 2. The molecule has 194 valence electrons. The first-order chi connectivity index (χ1) is 16.9. The van der Waals surface area contributed by atoms with Crippen molar-refractivity contribution in [1.29, 1.82) is 0 Å². The highest BCUT2D eigenvalue weighted by Gasteiger charge is 2.31. The molecule has 2 aliphatic rings. The molecule has 0 radical (unpaired) electrons. The maximum atomic E-state index is 13.5. The Morgan fingerprint density at radius 2 is 2.09 bits per heavy atom. The fourth-order valence-corrected chi connectivity index (χ4v) is 4.29. The molecule has 2 rings (SSSR count). The van der Waals surface area contributed by atoms with Crippen molar-refractivity contribution in [3.05, 3.63) is 72.7 Å². The van der Waals surface area contributed by atoms with E-state index in [9.17, 15) is 23.8 Å². The number of amides is 1. The summed E-state index contributed by atoms with van der Waals surface area (Å²) < 4.78 is 27.1. The number of halogens is 2. The molecule has 0 aromatic heterocycles. The minimum Gasteiger partial charge on any atom is -0.395 e. The molecule has 1 amide bonds. The lowest BCUT2D eigenvalue weighted by Gasteiger charge is -2.29. The van der Waals surface area contributed by atoms with E-state index >= 15 is 0 Å². The number of nitrogens with zero attached hydrogens (tertiary/aromatic N) is 2. The number of hydrogen-bond acceptors (Lipinski definition) is 6. The van der Waals surface area contributed by atoms with E-state index in [1.54, 1.807) is 6.08 Å². The summed E-state index contributed by atoms with van der Waals surface area (Å²) in [5.74, 6) is -1.37. The van der Waals surface area contributed by atoms with Crippen LogP contribution in [0.25, 0.3) is 0 Å². The number of likely N-dealkylation sites (tertiary alicyclic amines) is 1. The first kappa shape index (κ1) is 28.5. The fourth-order valence-electron chi connectivity index (χ4n) is 4.29. The van der Waals surface area contributed by atoms with Crippen LogP contribution in [-0.4, -0.2) is 83.9 Å². The van der Waals surface area contributed by atoms with Crippen molar-refractivity contribution < 1.29 is 23.8 Å². The minimum absolute atomic E-state index is 0.0629. The Hall–Kier alpha value is -2.75. The quantitative estimate of drug-likeness (QED) is 0.169. The van der Waals surface area contributed by atoms with Crippen LogP contribution >= 0.6 is 0 Å². The second-order valence-electron chi connectivity index (χ2n) is 8.43. The van der Waals surface area contributed by atoms with Gasteiger partial charge in [0.1, 0.15) is 0 Å². The molecule has 0 aromatic carbocycles. The van der Waals surface area contributed by atoms with Gasteiger partial charge in [-0.05, 0) is 31.7 Å². The van der Waals surface area contributed by atoms with Crippen molar-refractivity contribution in [2.75, 3.05) is 39.3 Å². The van der Waals surface area contributed by atoms with Gasteiger partial charge in [0, 0.05) is 55.0 Å². The molecule has 1 saturated heterocycles. The monoisotopic (exact) mass is 492 g/mol. The summed E-state index contributed by atoms with van der Waals surface area (Å²) in [4.78, 5) is 15.9. The summed E-state index contributed by atoms with van der Waals surface area (Å²) in [6.45, 7) is 13.3. The van der Waals surface area contributed by atoms with Gasteiger partial charge in [0.15, 0.2) is 6.23 Å². The number of carbonyl (C=O) groups is 1. The zero-order valence-corrected chi connectivity index (χ0v) is 20.4. The van der Waals surface area contributed by atoms with Crippen molar-refractivity contribution in [2.24, 2.45) is 5.92 Å². The largest absolute Gasteiger partial charge is 0.395 e. The Morgan fingerprint density at radius 3 is 2.66 bits per heavy atom. The highest BCUT2D eigenvalue weighted by atomic mass is 19.3. The molecule has 3 atom stereocenters. The van der Waals surface area contributed by atoms with Gasteiger partial charge in [-0.1, -0.05) is 37.8 Å². The number of nitrogens with one attached hydrogen (secondary N) is 2. The number of rotatable bonds is 14. The van der Waals surface area contributed by atoms with Crippen LogP contribution in [0.2, 0.25) is 0 Å². The van der Waals surface area contributed by atoms with Gasteiger partial charge in [0.25, 0.3) is 6.43 Å². The molecule has 2 aliphatic heterocycles. The number of carbonyl (C=O) groups excluding carboxylic acids is 1. The SMILES string of the molecule is C=C/C(=C(\C=C\CN(CC)CCO)[C@H](O)N/C=C/C1C(C(F)F)=CC(=O)NC1C=C)N1CCCC1. The van der Waals surface area contributed by atoms with Gasteiger partial charge < -0.3 is 25.7 Å². The topological polar surface area (TPSA) is 88.1 Å². The van der Waals surface area contributed by atoms with Gasteiger partial charge in [-0.25, -0.2) is 8.78 Å². The van der Waals surface area contributed by atoms with E-state index in [4.69, 9.17) is 0 Å². The van der Waals surface area contributed by atoms with Crippen LogP contribution in [0.3, 0.4) is 0 Å². The van der Waals surface area contributed by atoms with E-state index in [2.05, 4.69) is 33.6 Å².